The number of hydrogen-bond donors (Lipinski definition) is 1. The Morgan fingerprint density at radius 1 is 1.00 bits per heavy atom. The molecular weight excluding hydrogens is 320 g/mol. The molecule has 0 bridgehead atoms. The van der Waals surface area contributed by atoms with Crippen LogP contribution in [0.15, 0.2) is 30.3 Å². The normalized spacial score (nSPS) is 35.1. The van der Waals surface area contributed by atoms with E-state index in [1.807, 2.05) is 0 Å². The molecule has 1 saturated heterocycles. The van der Waals surface area contributed by atoms with E-state index in [1.54, 1.807) is 0 Å². The molecule has 1 N–H and O–H groups in total. The summed E-state index contributed by atoms with van der Waals surface area (Å²) in [7, 11) is 0. The summed E-state index contributed by atoms with van der Waals surface area (Å²) in [6, 6.07) is 12.4. The molecule has 4 rings (SSSR count). The molecule has 1 aromatic carbocycles. The second-order valence-corrected chi connectivity index (χ2v) is 9.11. The Hall–Kier alpha value is -0.900. The molecule has 0 radical (unpaired) electrons. The minimum absolute atomic E-state index is 0.370. The first kappa shape index (κ1) is 18.5. The van der Waals surface area contributed by atoms with Gasteiger partial charge >= 0.3 is 0 Å². The fourth-order valence-corrected chi connectivity index (χ4v) is 5.59. The number of hydrogen-bond acceptors (Lipinski definition) is 3. The SMILES string of the molecule is CC(C)OC1CCC(N[C@@H]2CC[C@H]3CN(Cc4ccccc4)C[C@H]32)CC1. The topological polar surface area (TPSA) is 24.5 Å². The highest BCUT2D eigenvalue weighted by atomic mass is 16.5. The lowest BCUT2D eigenvalue weighted by Gasteiger charge is -2.33. The van der Waals surface area contributed by atoms with Gasteiger partial charge in [-0.2, -0.15) is 0 Å². The first-order valence-electron chi connectivity index (χ1n) is 10.8. The van der Waals surface area contributed by atoms with E-state index in [2.05, 4.69) is 54.4 Å². The second kappa shape index (κ2) is 8.41. The highest BCUT2D eigenvalue weighted by Crippen LogP contribution is 2.39. The summed E-state index contributed by atoms with van der Waals surface area (Å²) < 4.78 is 6.01. The van der Waals surface area contributed by atoms with Crippen molar-refractivity contribution in [1.29, 1.82) is 0 Å². The van der Waals surface area contributed by atoms with Crippen molar-refractivity contribution in [1.82, 2.24) is 10.2 Å². The van der Waals surface area contributed by atoms with Crippen molar-refractivity contribution < 1.29 is 4.74 Å². The van der Waals surface area contributed by atoms with Gasteiger partial charge in [0.15, 0.2) is 0 Å². The zero-order valence-corrected chi connectivity index (χ0v) is 16.6. The molecule has 1 aromatic rings. The van der Waals surface area contributed by atoms with E-state index in [4.69, 9.17) is 4.74 Å². The number of nitrogens with zero attached hydrogens (tertiary/aromatic N) is 1. The molecule has 0 aromatic heterocycles. The molecule has 1 heterocycles. The Morgan fingerprint density at radius 3 is 2.50 bits per heavy atom. The number of benzene rings is 1. The van der Waals surface area contributed by atoms with Gasteiger partial charge in [0.05, 0.1) is 12.2 Å². The summed E-state index contributed by atoms with van der Waals surface area (Å²) in [4.78, 5) is 2.69. The third-order valence-electron chi connectivity index (χ3n) is 6.77. The molecular formula is C23H36N2O. The van der Waals surface area contributed by atoms with Crippen LogP contribution in [0, 0.1) is 11.8 Å². The summed E-state index contributed by atoms with van der Waals surface area (Å²) in [6.45, 7) is 8.02. The van der Waals surface area contributed by atoms with E-state index in [0.717, 1.165) is 24.4 Å². The van der Waals surface area contributed by atoms with E-state index >= 15 is 0 Å². The fraction of sp³-hybridized carbons (Fsp3) is 0.739. The zero-order chi connectivity index (χ0) is 17.9. The highest BCUT2D eigenvalue weighted by Gasteiger charge is 2.43. The monoisotopic (exact) mass is 356 g/mol. The van der Waals surface area contributed by atoms with Crippen LogP contribution in [-0.4, -0.2) is 42.3 Å². The van der Waals surface area contributed by atoms with E-state index in [1.165, 1.54) is 57.2 Å². The number of nitrogens with one attached hydrogen (secondary N) is 1. The van der Waals surface area contributed by atoms with Crippen molar-refractivity contribution in [3.63, 3.8) is 0 Å². The van der Waals surface area contributed by atoms with Gasteiger partial charge in [0.2, 0.25) is 0 Å². The largest absolute Gasteiger partial charge is 0.376 e. The summed E-state index contributed by atoms with van der Waals surface area (Å²) >= 11 is 0. The van der Waals surface area contributed by atoms with Crippen molar-refractivity contribution in [2.45, 2.75) is 83.2 Å². The summed E-state index contributed by atoms with van der Waals surface area (Å²) in [5.41, 5.74) is 1.46. The minimum Gasteiger partial charge on any atom is -0.376 e. The second-order valence-electron chi connectivity index (χ2n) is 9.11. The van der Waals surface area contributed by atoms with Gasteiger partial charge in [-0.1, -0.05) is 30.3 Å². The van der Waals surface area contributed by atoms with E-state index in [9.17, 15) is 0 Å². The Balaban J connectivity index is 1.25. The van der Waals surface area contributed by atoms with Crippen LogP contribution in [0.5, 0.6) is 0 Å². The number of rotatable bonds is 6. The van der Waals surface area contributed by atoms with E-state index in [-0.39, 0.29) is 0 Å². The lowest BCUT2D eigenvalue weighted by Crippen LogP contribution is -2.44. The Bertz CT molecular complexity index is 553. The van der Waals surface area contributed by atoms with Crippen LogP contribution >= 0.6 is 0 Å². The molecule has 2 aliphatic carbocycles. The zero-order valence-electron chi connectivity index (χ0n) is 16.6. The molecule has 26 heavy (non-hydrogen) atoms. The quantitative estimate of drug-likeness (QED) is 0.826. The predicted molar refractivity (Wildman–Crippen MR) is 107 cm³/mol. The van der Waals surface area contributed by atoms with Gasteiger partial charge in [0.1, 0.15) is 0 Å². The molecule has 3 nitrogen and oxygen atoms in total. The van der Waals surface area contributed by atoms with Crippen LogP contribution in [0.25, 0.3) is 0 Å². The standard InChI is InChI=1S/C23H36N2O/c1-17(2)26-21-11-9-20(10-12-21)24-23-13-8-19-15-25(16-22(19)23)14-18-6-4-3-5-7-18/h3-7,17,19-24H,8-16H2,1-2H3/t19-,20?,21?,22+,23+/m0/s1. The van der Waals surface area contributed by atoms with Crippen LogP contribution in [-0.2, 0) is 11.3 Å². The molecule has 1 aliphatic heterocycles. The Morgan fingerprint density at radius 2 is 1.77 bits per heavy atom. The predicted octanol–water partition coefficient (Wildman–Crippen LogP) is 4.22. The molecule has 0 spiro atoms. The molecule has 144 valence electrons. The first-order valence-corrected chi connectivity index (χ1v) is 10.8. The Kier molecular flexibility index (Phi) is 5.97. The van der Waals surface area contributed by atoms with Gasteiger partial charge in [-0.15, -0.1) is 0 Å². The van der Waals surface area contributed by atoms with Gasteiger partial charge in [-0.25, -0.2) is 0 Å². The average molecular weight is 357 g/mol. The van der Waals surface area contributed by atoms with Gasteiger partial charge in [-0.05, 0) is 69.8 Å². The maximum atomic E-state index is 6.01. The number of fused-ring (bicyclic) bond motifs is 1. The fourth-order valence-electron chi connectivity index (χ4n) is 5.59. The maximum absolute atomic E-state index is 6.01. The third-order valence-corrected chi connectivity index (χ3v) is 6.77. The number of likely N-dealkylation sites (tertiary alicyclic amines) is 1. The summed E-state index contributed by atoms with van der Waals surface area (Å²) in [5, 5.41) is 4.07. The molecule has 0 unspecified atom stereocenters. The van der Waals surface area contributed by atoms with Crippen LogP contribution in [0.4, 0.5) is 0 Å². The summed E-state index contributed by atoms with van der Waals surface area (Å²) in [5.74, 6) is 1.78. The third kappa shape index (κ3) is 4.49. The first-order chi connectivity index (χ1) is 12.7. The van der Waals surface area contributed by atoms with Crippen molar-refractivity contribution in [3.8, 4) is 0 Å². The Labute approximate surface area is 159 Å². The molecule has 3 atom stereocenters. The molecule has 3 heteroatoms. The summed E-state index contributed by atoms with van der Waals surface area (Å²) in [6.07, 6.45) is 8.72. The van der Waals surface area contributed by atoms with Crippen molar-refractivity contribution >= 4 is 0 Å². The van der Waals surface area contributed by atoms with Crippen molar-refractivity contribution in [3.05, 3.63) is 35.9 Å². The highest BCUT2D eigenvalue weighted by molar-refractivity contribution is 5.15. The van der Waals surface area contributed by atoms with Crippen molar-refractivity contribution in [2.75, 3.05) is 13.1 Å². The van der Waals surface area contributed by atoms with Crippen LogP contribution in [0.1, 0.15) is 57.9 Å². The molecule has 3 fully saturated rings. The molecule has 3 aliphatic rings. The van der Waals surface area contributed by atoms with Crippen LogP contribution in [0.2, 0.25) is 0 Å². The van der Waals surface area contributed by atoms with Gasteiger partial charge < -0.3 is 10.1 Å². The van der Waals surface area contributed by atoms with Crippen molar-refractivity contribution in [2.24, 2.45) is 11.8 Å². The van der Waals surface area contributed by atoms with Gasteiger partial charge in [0, 0.05) is 31.7 Å². The molecule has 0 amide bonds. The lowest BCUT2D eigenvalue weighted by atomic mass is 9.90. The van der Waals surface area contributed by atoms with Crippen LogP contribution < -0.4 is 5.32 Å². The minimum atomic E-state index is 0.370. The number of ether oxygens (including phenoxy) is 1. The van der Waals surface area contributed by atoms with Gasteiger partial charge in [0.25, 0.3) is 0 Å². The average Bonchev–Trinajstić information content (AvgIpc) is 3.18. The molecule has 2 saturated carbocycles. The lowest BCUT2D eigenvalue weighted by molar-refractivity contribution is -0.0170. The van der Waals surface area contributed by atoms with Crippen LogP contribution in [0.3, 0.4) is 0 Å². The van der Waals surface area contributed by atoms with E-state index in [0.29, 0.717) is 18.2 Å². The van der Waals surface area contributed by atoms with E-state index < -0.39 is 0 Å². The maximum Gasteiger partial charge on any atom is 0.0579 e. The smallest absolute Gasteiger partial charge is 0.0579 e. The van der Waals surface area contributed by atoms with Gasteiger partial charge in [-0.3, -0.25) is 4.90 Å².